The minimum absolute atomic E-state index is 0.119. The van der Waals surface area contributed by atoms with Crippen LogP contribution < -0.4 is 10.0 Å². The molecular formula is C18H18N4O3S2. The maximum atomic E-state index is 12.5. The Morgan fingerprint density at radius 1 is 1.04 bits per heavy atom. The van der Waals surface area contributed by atoms with E-state index in [1.165, 1.54) is 0 Å². The highest BCUT2D eigenvalue weighted by molar-refractivity contribution is 7.91. The Labute approximate surface area is 161 Å². The molecular weight excluding hydrogens is 384 g/mol. The lowest BCUT2D eigenvalue weighted by molar-refractivity contribution is 0.102. The first-order valence-corrected chi connectivity index (χ1v) is 10.4. The molecule has 0 radical (unpaired) electrons. The van der Waals surface area contributed by atoms with Gasteiger partial charge < -0.3 is 0 Å². The molecule has 1 amide bonds. The third kappa shape index (κ3) is 4.76. The number of anilines is 1. The number of benzene rings is 2. The highest BCUT2D eigenvalue weighted by atomic mass is 32.2. The SMILES string of the molecule is Cc1ccc(C(=O)Nc2nnc(S(=O)(=O)N[C@@H](C)c3ccccc3)s2)cc1. The predicted octanol–water partition coefficient (Wildman–Crippen LogP) is 3.14. The lowest BCUT2D eigenvalue weighted by atomic mass is 10.1. The molecule has 0 aliphatic carbocycles. The highest BCUT2D eigenvalue weighted by Gasteiger charge is 2.23. The van der Waals surface area contributed by atoms with Crippen molar-refractivity contribution in [2.75, 3.05) is 5.32 Å². The van der Waals surface area contributed by atoms with Crippen molar-refractivity contribution in [2.45, 2.75) is 24.2 Å². The van der Waals surface area contributed by atoms with Crippen LogP contribution in [0.2, 0.25) is 0 Å². The van der Waals surface area contributed by atoms with Crippen LogP contribution in [0.15, 0.2) is 58.9 Å². The van der Waals surface area contributed by atoms with Crippen molar-refractivity contribution in [3.05, 3.63) is 71.3 Å². The maximum absolute atomic E-state index is 12.5. The van der Waals surface area contributed by atoms with Crippen LogP contribution in [0.25, 0.3) is 0 Å². The normalized spacial score (nSPS) is 12.5. The number of sulfonamides is 1. The minimum atomic E-state index is -3.85. The van der Waals surface area contributed by atoms with Crippen LogP contribution in [0.3, 0.4) is 0 Å². The van der Waals surface area contributed by atoms with Crippen molar-refractivity contribution >= 4 is 32.4 Å². The lowest BCUT2D eigenvalue weighted by Crippen LogP contribution is -2.26. The third-order valence-corrected chi connectivity index (χ3v) is 6.55. The van der Waals surface area contributed by atoms with E-state index >= 15 is 0 Å². The van der Waals surface area contributed by atoms with E-state index in [2.05, 4.69) is 20.2 Å². The van der Waals surface area contributed by atoms with Crippen molar-refractivity contribution < 1.29 is 13.2 Å². The first-order chi connectivity index (χ1) is 12.8. The van der Waals surface area contributed by atoms with Gasteiger partial charge in [-0.25, -0.2) is 13.1 Å². The molecule has 0 aliphatic heterocycles. The first kappa shape index (κ1) is 19.2. The van der Waals surface area contributed by atoms with Gasteiger partial charge in [-0.3, -0.25) is 10.1 Å². The third-order valence-electron chi connectivity index (χ3n) is 3.80. The number of nitrogens with one attached hydrogen (secondary N) is 2. The summed E-state index contributed by atoms with van der Waals surface area (Å²) in [6.45, 7) is 3.67. The molecule has 1 atom stereocenters. The van der Waals surface area contributed by atoms with Gasteiger partial charge in [-0.05, 0) is 31.5 Å². The molecule has 3 aromatic rings. The van der Waals surface area contributed by atoms with Crippen molar-refractivity contribution in [1.82, 2.24) is 14.9 Å². The molecule has 1 aromatic heterocycles. The van der Waals surface area contributed by atoms with Crippen LogP contribution in [0, 0.1) is 6.92 Å². The van der Waals surface area contributed by atoms with E-state index in [1.54, 1.807) is 19.1 Å². The number of hydrogen-bond donors (Lipinski definition) is 2. The molecule has 0 saturated heterocycles. The summed E-state index contributed by atoms with van der Waals surface area (Å²) in [6.07, 6.45) is 0. The van der Waals surface area contributed by atoms with Gasteiger partial charge in [0.25, 0.3) is 15.9 Å². The van der Waals surface area contributed by atoms with Gasteiger partial charge in [0, 0.05) is 11.6 Å². The Balaban J connectivity index is 1.70. The topological polar surface area (TPSA) is 101 Å². The van der Waals surface area contributed by atoms with E-state index in [1.807, 2.05) is 49.4 Å². The predicted molar refractivity (Wildman–Crippen MR) is 104 cm³/mol. The second kappa shape index (κ2) is 7.95. The summed E-state index contributed by atoms with van der Waals surface area (Å²) in [5.41, 5.74) is 2.32. The van der Waals surface area contributed by atoms with Crippen LogP contribution in [-0.4, -0.2) is 24.5 Å². The molecule has 140 valence electrons. The number of rotatable bonds is 6. The van der Waals surface area contributed by atoms with Crippen molar-refractivity contribution in [1.29, 1.82) is 0 Å². The van der Waals surface area contributed by atoms with Crippen LogP contribution >= 0.6 is 11.3 Å². The zero-order valence-corrected chi connectivity index (χ0v) is 16.3. The molecule has 3 rings (SSSR count). The second-order valence-electron chi connectivity index (χ2n) is 5.95. The van der Waals surface area contributed by atoms with Gasteiger partial charge in [-0.2, -0.15) is 0 Å². The lowest BCUT2D eigenvalue weighted by Gasteiger charge is -2.12. The van der Waals surface area contributed by atoms with Crippen molar-refractivity contribution in [3.8, 4) is 0 Å². The first-order valence-electron chi connectivity index (χ1n) is 8.14. The zero-order chi connectivity index (χ0) is 19.4. The molecule has 27 heavy (non-hydrogen) atoms. The number of aromatic nitrogens is 2. The van der Waals surface area contributed by atoms with Gasteiger partial charge in [0.2, 0.25) is 9.47 Å². The highest BCUT2D eigenvalue weighted by Crippen LogP contribution is 2.23. The number of carbonyl (C=O) groups excluding carboxylic acids is 1. The van der Waals surface area contributed by atoms with Gasteiger partial charge in [-0.15, -0.1) is 10.2 Å². The van der Waals surface area contributed by atoms with E-state index in [9.17, 15) is 13.2 Å². The molecule has 0 bridgehead atoms. The summed E-state index contributed by atoms with van der Waals surface area (Å²) in [5.74, 6) is -0.374. The summed E-state index contributed by atoms with van der Waals surface area (Å²) >= 11 is 0.799. The average molecular weight is 403 g/mol. The van der Waals surface area contributed by atoms with Gasteiger partial charge in [0.15, 0.2) is 0 Å². The standard InChI is InChI=1S/C18H18N4O3S2/c1-12-8-10-15(11-9-12)16(23)19-17-20-21-18(26-17)27(24,25)22-13(2)14-6-4-3-5-7-14/h3-11,13,22H,1-2H3,(H,19,20,23)/t13-/m0/s1. The average Bonchev–Trinajstić information content (AvgIpc) is 3.12. The molecule has 2 aromatic carbocycles. The maximum Gasteiger partial charge on any atom is 0.270 e. The molecule has 9 heteroatoms. The van der Waals surface area contributed by atoms with Gasteiger partial charge >= 0.3 is 0 Å². The number of aryl methyl sites for hydroxylation is 1. The number of amides is 1. The van der Waals surface area contributed by atoms with Gasteiger partial charge in [0.1, 0.15) is 0 Å². The number of nitrogens with zero attached hydrogens (tertiary/aromatic N) is 2. The van der Waals surface area contributed by atoms with E-state index in [4.69, 9.17) is 0 Å². The second-order valence-corrected chi connectivity index (χ2v) is 8.81. The fourth-order valence-electron chi connectivity index (χ4n) is 2.34. The molecule has 1 heterocycles. The van der Waals surface area contributed by atoms with Crippen LogP contribution in [0.1, 0.15) is 34.5 Å². The van der Waals surface area contributed by atoms with Crippen LogP contribution in [0.5, 0.6) is 0 Å². The van der Waals surface area contributed by atoms with Gasteiger partial charge in [0.05, 0.1) is 0 Å². The van der Waals surface area contributed by atoms with Gasteiger partial charge in [-0.1, -0.05) is 59.4 Å². The number of carbonyl (C=O) groups is 1. The summed E-state index contributed by atoms with van der Waals surface area (Å²) in [5, 5.41) is 10.1. The molecule has 0 fully saturated rings. The zero-order valence-electron chi connectivity index (χ0n) is 14.7. The van der Waals surface area contributed by atoms with Crippen LogP contribution in [0.4, 0.5) is 5.13 Å². The monoisotopic (exact) mass is 402 g/mol. The van der Waals surface area contributed by atoms with E-state index in [0.29, 0.717) is 5.56 Å². The van der Waals surface area contributed by atoms with E-state index in [0.717, 1.165) is 22.5 Å². The summed E-state index contributed by atoms with van der Waals surface area (Å²) in [4.78, 5) is 12.2. The van der Waals surface area contributed by atoms with Crippen molar-refractivity contribution in [2.24, 2.45) is 0 Å². The fraction of sp³-hybridized carbons (Fsp3) is 0.167. The molecule has 0 aliphatic rings. The Morgan fingerprint density at radius 3 is 2.37 bits per heavy atom. The van der Waals surface area contributed by atoms with E-state index in [-0.39, 0.29) is 15.4 Å². The molecule has 0 unspecified atom stereocenters. The van der Waals surface area contributed by atoms with Crippen molar-refractivity contribution in [3.63, 3.8) is 0 Å². The smallest absolute Gasteiger partial charge is 0.270 e. The Hall–Kier alpha value is -2.62. The number of hydrogen-bond acceptors (Lipinski definition) is 6. The quantitative estimate of drug-likeness (QED) is 0.617. The summed E-state index contributed by atoms with van der Waals surface area (Å²) < 4.78 is 27.4. The Bertz CT molecular complexity index is 1030. The molecule has 7 nitrogen and oxygen atoms in total. The Morgan fingerprint density at radius 2 is 1.70 bits per heavy atom. The molecule has 0 saturated carbocycles. The molecule has 0 spiro atoms. The Kier molecular flexibility index (Phi) is 5.64. The summed E-state index contributed by atoms with van der Waals surface area (Å²) in [6, 6.07) is 15.8. The molecule has 2 N–H and O–H groups in total. The van der Waals surface area contributed by atoms with Crippen LogP contribution in [-0.2, 0) is 10.0 Å². The summed E-state index contributed by atoms with van der Waals surface area (Å²) in [7, 11) is -3.85. The fourth-order valence-corrected chi connectivity index (χ4v) is 4.48. The van der Waals surface area contributed by atoms with E-state index < -0.39 is 16.1 Å². The minimum Gasteiger partial charge on any atom is -0.296 e. The largest absolute Gasteiger partial charge is 0.296 e.